The van der Waals surface area contributed by atoms with Crippen LogP contribution in [0.25, 0.3) is 0 Å². The van der Waals surface area contributed by atoms with Crippen LogP contribution in [-0.2, 0) is 9.53 Å². The number of hydrogen-bond donors (Lipinski definition) is 3. The molecule has 6 nitrogen and oxygen atoms in total. The first-order valence-electron chi connectivity index (χ1n) is 5.78. The second-order valence-corrected chi connectivity index (χ2v) is 5.10. The van der Waals surface area contributed by atoms with E-state index >= 15 is 0 Å². The van der Waals surface area contributed by atoms with Gasteiger partial charge in [0.15, 0.2) is 0 Å². The van der Waals surface area contributed by atoms with Crippen molar-refractivity contribution in [3.05, 3.63) is 0 Å². The minimum atomic E-state index is -0.575. The highest BCUT2D eigenvalue weighted by Crippen LogP contribution is 2.19. The van der Waals surface area contributed by atoms with Crippen molar-refractivity contribution in [2.24, 2.45) is 16.3 Å². The molecule has 98 valence electrons. The van der Waals surface area contributed by atoms with Gasteiger partial charge in [0.1, 0.15) is 11.9 Å². The summed E-state index contributed by atoms with van der Waals surface area (Å²) in [4.78, 5) is 11.8. The van der Waals surface area contributed by atoms with Crippen molar-refractivity contribution in [1.29, 1.82) is 0 Å². The topological polar surface area (TPSA) is 96.9 Å². The molecule has 6 heteroatoms. The summed E-state index contributed by atoms with van der Waals surface area (Å²) in [6.45, 7) is 5.85. The third-order valence-corrected chi connectivity index (χ3v) is 3.03. The summed E-state index contributed by atoms with van der Waals surface area (Å²) < 4.78 is 5.45. The lowest BCUT2D eigenvalue weighted by Crippen LogP contribution is -2.45. The average molecular weight is 243 g/mol. The summed E-state index contributed by atoms with van der Waals surface area (Å²) in [5.41, 5.74) is 4.96. The highest BCUT2D eigenvalue weighted by molar-refractivity contribution is 5.87. The summed E-state index contributed by atoms with van der Waals surface area (Å²) in [5.74, 6) is -0.0355. The first-order valence-corrected chi connectivity index (χ1v) is 5.78. The first kappa shape index (κ1) is 13.8. The highest BCUT2D eigenvalue weighted by atomic mass is 16.5. The van der Waals surface area contributed by atoms with E-state index < -0.39 is 5.41 Å². The Bertz CT molecular complexity index is 315. The molecule has 2 atom stereocenters. The van der Waals surface area contributed by atoms with E-state index in [1.54, 1.807) is 13.8 Å². The van der Waals surface area contributed by atoms with Crippen LogP contribution in [0.4, 0.5) is 0 Å². The van der Waals surface area contributed by atoms with Gasteiger partial charge in [0.05, 0.1) is 6.10 Å². The van der Waals surface area contributed by atoms with Crippen molar-refractivity contribution in [3.63, 3.8) is 0 Å². The number of amidine groups is 1. The van der Waals surface area contributed by atoms with Crippen molar-refractivity contribution in [1.82, 2.24) is 5.32 Å². The fourth-order valence-corrected chi connectivity index (χ4v) is 1.64. The van der Waals surface area contributed by atoms with Crippen LogP contribution in [0.1, 0.15) is 33.6 Å². The molecule has 1 aliphatic heterocycles. The lowest BCUT2D eigenvalue weighted by molar-refractivity contribution is -0.131. The molecule has 0 aliphatic carbocycles. The molecule has 2 unspecified atom stereocenters. The molecule has 0 bridgehead atoms. The summed E-state index contributed by atoms with van der Waals surface area (Å²) in [5, 5.41) is 14.3. The molecular weight excluding hydrogens is 222 g/mol. The van der Waals surface area contributed by atoms with Crippen molar-refractivity contribution < 1.29 is 14.7 Å². The second-order valence-electron chi connectivity index (χ2n) is 5.10. The standard InChI is InChI=1S/C11H21N3O3/c1-7-4-5-8(17-7)9(15)13-6-11(2,3)10(12)14-16/h7-8,16H,4-6H2,1-3H3,(H2,12,14)(H,13,15). The van der Waals surface area contributed by atoms with E-state index in [1.165, 1.54) is 0 Å². The molecule has 1 rings (SSSR count). The van der Waals surface area contributed by atoms with Crippen LogP contribution in [0.3, 0.4) is 0 Å². The molecule has 0 spiro atoms. The number of ether oxygens (including phenoxy) is 1. The first-order chi connectivity index (χ1) is 7.86. The van der Waals surface area contributed by atoms with Gasteiger partial charge < -0.3 is 21.0 Å². The molecule has 1 saturated heterocycles. The molecule has 0 aromatic heterocycles. The number of hydrogen-bond acceptors (Lipinski definition) is 4. The van der Waals surface area contributed by atoms with Crippen molar-refractivity contribution in [3.8, 4) is 0 Å². The Kier molecular flexibility index (Phi) is 4.34. The van der Waals surface area contributed by atoms with Gasteiger partial charge in [-0.15, -0.1) is 0 Å². The van der Waals surface area contributed by atoms with Crippen molar-refractivity contribution in [2.75, 3.05) is 6.54 Å². The molecule has 17 heavy (non-hydrogen) atoms. The summed E-state index contributed by atoms with van der Waals surface area (Å²) in [6.07, 6.45) is 1.43. The van der Waals surface area contributed by atoms with Crippen molar-refractivity contribution in [2.45, 2.75) is 45.8 Å². The Morgan fingerprint density at radius 1 is 1.59 bits per heavy atom. The van der Waals surface area contributed by atoms with Gasteiger partial charge in [0, 0.05) is 12.0 Å². The Labute approximate surface area is 101 Å². The monoisotopic (exact) mass is 243 g/mol. The van der Waals surface area contributed by atoms with Gasteiger partial charge in [-0.25, -0.2) is 0 Å². The highest BCUT2D eigenvalue weighted by Gasteiger charge is 2.30. The fraction of sp³-hybridized carbons (Fsp3) is 0.818. The van der Waals surface area contributed by atoms with Gasteiger partial charge in [-0.05, 0) is 19.8 Å². The fourth-order valence-electron chi connectivity index (χ4n) is 1.64. The van der Waals surface area contributed by atoms with E-state index in [1.807, 2.05) is 6.92 Å². The number of carbonyl (C=O) groups excluding carboxylic acids is 1. The Morgan fingerprint density at radius 2 is 2.24 bits per heavy atom. The van der Waals surface area contributed by atoms with E-state index in [2.05, 4.69) is 10.5 Å². The molecule has 1 heterocycles. The number of oxime groups is 1. The predicted molar refractivity (Wildman–Crippen MR) is 63.8 cm³/mol. The minimum absolute atomic E-state index is 0.0958. The van der Waals surface area contributed by atoms with Crippen LogP contribution in [0.5, 0.6) is 0 Å². The van der Waals surface area contributed by atoms with Crippen LogP contribution < -0.4 is 11.1 Å². The zero-order chi connectivity index (χ0) is 13.1. The SMILES string of the molecule is CC1CCC(C(=O)NCC(C)(C)C(N)=NO)O1. The van der Waals surface area contributed by atoms with Crippen LogP contribution in [0.15, 0.2) is 5.16 Å². The lowest BCUT2D eigenvalue weighted by Gasteiger charge is -2.24. The molecule has 4 N–H and O–H groups in total. The number of rotatable bonds is 4. The molecule has 1 amide bonds. The summed E-state index contributed by atoms with van der Waals surface area (Å²) >= 11 is 0. The van der Waals surface area contributed by atoms with Gasteiger partial charge in [-0.2, -0.15) is 0 Å². The maximum Gasteiger partial charge on any atom is 0.249 e. The van der Waals surface area contributed by atoms with Crippen molar-refractivity contribution >= 4 is 11.7 Å². The molecule has 1 aliphatic rings. The predicted octanol–water partition coefficient (Wildman–Crippen LogP) is 0.443. The Morgan fingerprint density at radius 3 is 2.71 bits per heavy atom. The maximum absolute atomic E-state index is 11.8. The zero-order valence-electron chi connectivity index (χ0n) is 10.6. The zero-order valence-corrected chi connectivity index (χ0v) is 10.6. The maximum atomic E-state index is 11.8. The quantitative estimate of drug-likeness (QED) is 0.289. The molecular formula is C11H21N3O3. The van der Waals surface area contributed by atoms with Gasteiger partial charge >= 0.3 is 0 Å². The van der Waals surface area contributed by atoms with Crippen LogP contribution in [0.2, 0.25) is 0 Å². The molecule has 0 radical (unpaired) electrons. The van der Waals surface area contributed by atoms with Gasteiger partial charge in [-0.3, -0.25) is 4.79 Å². The van der Waals surface area contributed by atoms with Gasteiger partial charge in [-0.1, -0.05) is 19.0 Å². The second kappa shape index (κ2) is 5.35. The third kappa shape index (κ3) is 3.59. The Hall–Kier alpha value is -1.30. The van der Waals surface area contributed by atoms with Crippen LogP contribution >= 0.6 is 0 Å². The lowest BCUT2D eigenvalue weighted by atomic mass is 9.92. The van der Waals surface area contributed by atoms with E-state index in [4.69, 9.17) is 15.7 Å². The van der Waals surface area contributed by atoms with E-state index in [0.717, 1.165) is 12.8 Å². The van der Waals surface area contributed by atoms with Gasteiger partial charge in [0.2, 0.25) is 5.91 Å². The number of nitrogens with two attached hydrogens (primary N) is 1. The number of carbonyl (C=O) groups is 1. The molecule has 1 fully saturated rings. The summed E-state index contributed by atoms with van der Waals surface area (Å²) in [7, 11) is 0. The molecule has 0 aromatic rings. The average Bonchev–Trinajstić information content (AvgIpc) is 2.71. The number of amides is 1. The Balaban J connectivity index is 2.43. The van der Waals surface area contributed by atoms with E-state index in [9.17, 15) is 4.79 Å². The normalized spacial score (nSPS) is 25.9. The number of nitrogens with zero attached hydrogens (tertiary/aromatic N) is 1. The van der Waals surface area contributed by atoms with Crippen LogP contribution in [0, 0.1) is 5.41 Å². The van der Waals surface area contributed by atoms with Crippen LogP contribution in [-0.4, -0.2) is 35.7 Å². The van der Waals surface area contributed by atoms with E-state index in [-0.39, 0.29) is 24.0 Å². The molecule has 0 aromatic carbocycles. The molecule has 0 saturated carbocycles. The summed E-state index contributed by atoms with van der Waals surface area (Å²) in [6, 6.07) is 0. The largest absolute Gasteiger partial charge is 0.409 e. The third-order valence-electron chi connectivity index (χ3n) is 3.03. The van der Waals surface area contributed by atoms with Gasteiger partial charge in [0.25, 0.3) is 0 Å². The minimum Gasteiger partial charge on any atom is -0.409 e. The smallest absolute Gasteiger partial charge is 0.249 e. The number of nitrogens with one attached hydrogen (secondary N) is 1. The van der Waals surface area contributed by atoms with E-state index in [0.29, 0.717) is 6.54 Å².